The molecule has 6 heteroatoms. The summed E-state index contributed by atoms with van der Waals surface area (Å²) >= 11 is 2.40. The van der Waals surface area contributed by atoms with Crippen LogP contribution in [0.1, 0.15) is 16.7 Å². The lowest BCUT2D eigenvalue weighted by Gasteiger charge is -2.18. The molecular formula is C15H12BrF2NO2. The fraction of sp³-hybridized carbons (Fsp3) is 0.200. The van der Waals surface area contributed by atoms with Crippen molar-refractivity contribution in [2.75, 3.05) is 0 Å². The first-order chi connectivity index (χ1) is 9.70. The lowest BCUT2D eigenvalue weighted by molar-refractivity contribution is -0.384. The Kier molecular flexibility index (Phi) is 4.09. The molecule has 0 aliphatic rings. The maximum Gasteiger partial charge on any atom is 0.327 e. The van der Waals surface area contributed by atoms with E-state index in [9.17, 15) is 18.9 Å². The van der Waals surface area contributed by atoms with Crippen LogP contribution >= 0.6 is 15.9 Å². The minimum Gasteiger partial charge on any atom is -0.258 e. The van der Waals surface area contributed by atoms with Gasteiger partial charge in [0, 0.05) is 17.7 Å². The summed E-state index contributed by atoms with van der Waals surface area (Å²) in [6.45, 7) is 3.49. The van der Waals surface area contributed by atoms with E-state index in [1.54, 1.807) is 19.9 Å². The average Bonchev–Trinajstić information content (AvgIpc) is 2.37. The molecule has 110 valence electrons. The number of benzene rings is 2. The number of nitro groups is 1. The minimum absolute atomic E-state index is 0.0735. The van der Waals surface area contributed by atoms with Crippen molar-refractivity contribution in [1.29, 1.82) is 0 Å². The van der Waals surface area contributed by atoms with E-state index >= 15 is 0 Å². The van der Waals surface area contributed by atoms with E-state index in [1.165, 1.54) is 30.3 Å². The largest absolute Gasteiger partial charge is 0.327 e. The van der Waals surface area contributed by atoms with E-state index in [0.29, 0.717) is 16.7 Å². The number of rotatable bonds is 3. The zero-order chi connectivity index (χ0) is 15.8. The van der Waals surface area contributed by atoms with E-state index in [4.69, 9.17) is 0 Å². The van der Waals surface area contributed by atoms with Crippen LogP contribution in [-0.2, 0) is 4.83 Å². The highest BCUT2D eigenvalue weighted by Crippen LogP contribution is 2.42. The number of halogens is 3. The Balaban J connectivity index is 2.65. The SMILES string of the molecule is Cc1cc(C)c(-c2ccc([N+](=O)[O-])cc2)c(C(F)(F)Br)c1. The fourth-order valence-corrected chi connectivity index (χ4v) is 2.64. The highest BCUT2D eigenvalue weighted by Gasteiger charge is 2.31. The monoisotopic (exact) mass is 355 g/mol. The lowest BCUT2D eigenvalue weighted by atomic mass is 9.93. The molecule has 0 N–H and O–H groups in total. The van der Waals surface area contributed by atoms with Crippen molar-refractivity contribution in [2.45, 2.75) is 18.7 Å². The molecule has 0 aromatic heterocycles. The molecule has 0 heterocycles. The fourth-order valence-electron chi connectivity index (χ4n) is 2.32. The summed E-state index contributed by atoms with van der Waals surface area (Å²) in [6.07, 6.45) is 0. The van der Waals surface area contributed by atoms with Crippen molar-refractivity contribution in [1.82, 2.24) is 0 Å². The lowest BCUT2D eigenvalue weighted by Crippen LogP contribution is -2.07. The molecule has 0 unspecified atom stereocenters. The molecule has 2 rings (SSSR count). The smallest absolute Gasteiger partial charge is 0.258 e. The molecule has 2 aromatic rings. The van der Waals surface area contributed by atoms with Gasteiger partial charge in [0.2, 0.25) is 0 Å². The second kappa shape index (κ2) is 5.52. The van der Waals surface area contributed by atoms with Crippen LogP contribution in [-0.4, -0.2) is 4.92 Å². The molecule has 21 heavy (non-hydrogen) atoms. The van der Waals surface area contributed by atoms with Crippen LogP contribution in [0.5, 0.6) is 0 Å². The summed E-state index contributed by atoms with van der Waals surface area (Å²) < 4.78 is 27.6. The molecule has 2 aromatic carbocycles. The zero-order valence-corrected chi connectivity index (χ0v) is 12.9. The summed E-state index contributed by atoms with van der Waals surface area (Å²) in [7, 11) is 0. The Labute approximate surface area is 128 Å². The van der Waals surface area contributed by atoms with Gasteiger partial charge in [-0.25, -0.2) is 0 Å². The second-order valence-corrected chi connectivity index (χ2v) is 5.80. The van der Waals surface area contributed by atoms with Gasteiger partial charge < -0.3 is 0 Å². The Morgan fingerprint density at radius 1 is 1.14 bits per heavy atom. The molecular weight excluding hydrogens is 344 g/mol. The topological polar surface area (TPSA) is 43.1 Å². The van der Waals surface area contributed by atoms with Gasteiger partial charge in [-0.2, -0.15) is 8.78 Å². The van der Waals surface area contributed by atoms with E-state index in [0.717, 1.165) is 5.56 Å². The van der Waals surface area contributed by atoms with Crippen LogP contribution in [0.25, 0.3) is 11.1 Å². The third-order valence-electron chi connectivity index (χ3n) is 3.15. The molecule has 0 spiro atoms. The Hall–Kier alpha value is -1.82. The summed E-state index contributed by atoms with van der Waals surface area (Å²) in [5, 5.41) is 10.7. The van der Waals surface area contributed by atoms with Gasteiger partial charge in [0.05, 0.1) is 4.92 Å². The number of non-ortho nitro benzene ring substituents is 1. The first-order valence-electron chi connectivity index (χ1n) is 6.13. The van der Waals surface area contributed by atoms with Gasteiger partial charge in [-0.05, 0) is 64.7 Å². The first-order valence-corrected chi connectivity index (χ1v) is 6.92. The van der Waals surface area contributed by atoms with Crippen LogP contribution in [0, 0.1) is 24.0 Å². The van der Waals surface area contributed by atoms with Crippen molar-refractivity contribution in [3.05, 3.63) is 63.2 Å². The average molecular weight is 356 g/mol. The maximum atomic E-state index is 13.8. The Morgan fingerprint density at radius 3 is 2.19 bits per heavy atom. The zero-order valence-electron chi connectivity index (χ0n) is 11.4. The number of aryl methyl sites for hydroxylation is 2. The summed E-state index contributed by atoms with van der Waals surface area (Å²) in [5.74, 6) is 0. The molecule has 0 saturated heterocycles. The minimum atomic E-state index is -3.17. The second-order valence-electron chi connectivity index (χ2n) is 4.81. The number of hydrogen-bond acceptors (Lipinski definition) is 2. The van der Waals surface area contributed by atoms with Crippen molar-refractivity contribution in [2.24, 2.45) is 0 Å². The van der Waals surface area contributed by atoms with E-state index in [-0.39, 0.29) is 11.3 Å². The highest BCUT2D eigenvalue weighted by atomic mass is 79.9. The van der Waals surface area contributed by atoms with Gasteiger partial charge in [-0.15, -0.1) is 0 Å². The molecule has 0 aliphatic heterocycles. The van der Waals surface area contributed by atoms with E-state index < -0.39 is 9.76 Å². The van der Waals surface area contributed by atoms with Gasteiger partial charge in [0.1, 0.15) is 0 Å². The van der Waals surface area contributed by atoms with Gasteiger partial charge in [0.15, 0.2) is 0 Å². The van der Waals surface area contributed by atoms with Crippen LogP contribution in [0.15, 0.2) is 36.4 Å². The van der Waals surface area contributed by atoms with Gasteiger partial charge in [-0.1, -0.05) is 11.6 Å². The first kappa shape index (κ1) is 15.6. The highest BCUT2D eigenvalue weighted by molar-refractivity contribution is 9.09. The molecule has 0 radical (unpaired) electrons. The molecule has 0 atom stereocenters. The number of alkyl halides is 3. The third kappa shape index (κ3) is 3.26. The summed E-state index contributed by atoms with van der Waals surface area (Å²) in [5.41, 5.74) is 2.11. The van der Waals surface area contributed by atoms with Crippen LogP contribution in [0.3, 0.4) is 0 Å². The molecule has 0 amide bonds. The van der Waals surface area contributed by atoms with Gasteiger partial charge >= 0.3 is 4.83 Å². The van der Waals surface area contributed by atoms with E-state index in [2.05, 4.69) is 15.9 Å². The predicted octanol–water partition coefficient (Wildman–Crippen LogP) is 5.32. The van der Waals surface area contributed by atoms with Gasteiger partial charge in [-0.3, -0.25) is 10.1 Å². The number of nitrogens with zero attached hydrogens (tertiary/aromatic N) is 1. The standard InChI is InChI=1S/C15H12BrF2NO2/c1-9-7-10(2)14(13(8-9)15(16,17)18)11-3-5-12(6-4-11)19(20)21/h3-8H,1-2H3. The van der Waals surface area contributed by atoms with Gasteiger partial charge in [0.25, 0.3) is 5.69 Å². The quantitative estimate of drug-likeness (QED) is 0.424. The summed E-state index contributed by atoms with van der Waals surface area (Å²) in [4.78, 5) is 6.98. The summed E-state index contributed by atoms with van der Waals surface area (Å²) in [6, 6.07) is 8.81. The van der Waals surface area contributed by atoms with Crippen LogP contribution in [0.2, 0.25) is 0 Å². The van der Waals surface area contributed by atoms with Crippen LogP contribution < -0.4 is 0 Å². The van der Waals surface area contributed by atoms with Crippen LogP contribution in [0.4, 0.5) is 14.5 Å². The number of nitro benzene ring substituents is 1. The predicted molar refractivity (Wildman–Crippen MR) is 80.8 cm³/mol. The van der Waals surface area contributed by atoms with Crippen molar-refractivity contribution < 1.29 is 13.7 Å². The normalized spacial score (nSPS) is 11.5. The molecule has 0 aliphatic carbocycles. The molecule has 0 fully saturated rings. The van der Waals surface area contributed by atoms with E-state index in [1.807, 2.05) is 0 Å². The Bertz CT molecular complexity index is 694. The molecule has 0 bridgehead atoms. The third-order valence-corrected chi connectivity index (χ3v) is 3.58. The van der Waals surface area contributed by atoms with Crippen molar-refractivity contribution in [3.8, 4) is 11.1 Å². The number of hydrogen-bond donors (Lipinski definition) is 0. The van der Waals surface area contributed by atoms with Crippen molar-refractivity contribution in [3.63, 3.8) is 0 Å². The molecule has 0 saturated carbocycles. The van der Waals surface area contributed by atoms with Crippen molar-refractivity contribution >= 4 is 21.6 Å². The Morgan fingerprint density at radius 2 is 1.71 bits per heavy atom. The maximum absolute atomic E-state index is 13.8. The molecule has 3 nitrogen and oxygen atoms in total.